The lowest BCUT2D eigenvalue weighted by atomic mass is 9.84. The molecule has 1 atom stereocenters. The number of nitrogens with one attached hydrogen (secondary N) is 1. The lowest BCUT2D eigenvalue weighted by molar-refractivity contribution is -0.145. The monoisotopic (exact) mass is 491 g/mol. The Bertz CT molecular complexity index is 1080. The number of esters is 1. The van der Waals surface area contributed by atoms with Crippen molar-refractivity contribution in [2.24, 2.45) is 5.92 Å². The van der Waals surface area contributed by atoms with Gasteiger partial charge in [0.1, 0.15) is 6.04 Å². The SMILES string of the molecule is CC(C)[C@H](NS(=O)(=O)c1cccc(Cl)c1)C(=O)OCC(=O)c1ccc(C2CCCCC2)cc1. The van der Waals surface area contributed by atoms with Gasteiger partial charge in [-0.25, -0.2) is 8.42 Å². The summed E-state index contributed by atoms with van der Waals surface area (Å²) in [6.07, 6.45) is 6.10. The minimum atomic E-state index is -4.00. The predicted molar refractivity (Wildman–Crippen MR) is 128 cm³/mol. The second kappa shape index (κ2) is 11.3. The Hall–Kier alpha value is -2.22. The highest BCUT2D eigenvalue weighted by Crippen LogP contribution is 2.32. The number of carbonyl (C=O) groups is 2. The van der Waals surface area contributed by atoms with Gasteiger partial charge in [-0.05, 0) is 48.4 Å². The number of hydrogen-bond acceptors (Lipinski definition) is 5. The number of ether oxygens (including phenoxy) is 1. The van der Waals surface area contributed by atoms with Crippen LogP contribution in [0.4, 0.5) is 0 Å². The number of benzene rings is 2. The van der Waals surface area contributed by atoms with Crippen LogP contribution in [-0.2, 0) is 19.6 Å². The van der Waals surface area contributed by atoms with Crippen molar-refractivity contribution >= 4 is 33.4 Å². The molecule has 2 aromatic rings. The molecule has 0 amide bonds. The summed E-state index contributed by atoms with van der Waals surface area (Å²) in [5.41, 5.74) is 1.70. The van der Waals surface area contributed by atoms with Crippen LogP contribution < -0.4 is 4.72 Å². The van der Waals surface area contributed by atoms with Gasteiger partial charge in [-0.1, -0.05) is 75.0 Å². The molecule has 2 aromatic carbocycles. The normalized spacial score (nSPS) is 15.9. The zero-order valence-electron chi connectivity index (χ0n) is 18.9. The van der Waals surface area contributed by atoms with Crippen LogP contribution in [0.1, 0.15) is 67.8 Å². The van der Waals surface area contributed by atoms with Crippen LogP contribution in [-0.4, -0.2) is 32.8 Å². The fourth-order valence-electron chi connectivity index (χ4n) is 4.01. The van der Waals surface area contributed by atoms with Crippen molar-refractivity contribution < 1.29 is 22.7 Å². The first-order valence-corrected chi connectivity index (χ1v) is 13.1. The average molecular weight is 492 g/mol. The summed E-state index contributed by atoms with van der Waals surface area (Å²) >= 11 is 5.89. The highest BCUT2D eigenvalue weighted by atomic mass is 35.5. The van der Waals surface area contributed by atoms with Gasteiger partial charge in [0.25, 0.3) is 0 Å². The Kier molecular flexibility index (Phi) is 8.68. The molecule has 0 aromatic heterocycles. The van der Waals surface area contributed by atoms with Crippen molar-refractivity contribution in [3.05, 3.63) is 64.7 Å². The molecule has 0 radical (unpaired) electrons. The third-order valence-corrected chi connectivity index (χ3v) is 7.64. The molecular formula is C25H30ClNO5S. The maximum absolute atomic E-state index is 12.7. The van der Waals surface area contributed by atoms with Crippen molar-refractivity contribution in [2.45, 2.75) is 62.8 Å². The fraction of sp³-hybridized carbons (Fsp3) is 0.440. The number of Topliss-reactive ketones (excluding diaryl/α,β-unsaturated/α-hetero) is 1. The Morgan fingerprint density at radius 3 is 2.33 bits per heavy atom. The molecule has 1 fully saturated rings. The van der Waals surface area contributed by atoms with E-state index in [4.69, 9.17) is 16.3 Å². The van der Waals surface area contributed by atoms with Crippen LogP contribution in [0.15, 0.2) is 53.4 Å². The molecule has 0 spiro atoms. The zero-order valence-corrected chi connectivity index (χ0v) is 20.5. The topological polar surface area (TPSA) is 89.5 Å². The third-order valence-electron chi connectivity index (χ3n) is 5.96. The summed E-state index contributed by atoms with van der Waals surface area (Å²) in [5, 5.41) is 0.265. The summed E-state index contributed by atoms with van der Waals surface area (Å²) in [6, 6.07) is 12.1. The highest BCUT2D eigenvalue weighted by Gasteiger charge is 2.30. The molecule has 1 aliphatic carbocycles. The van der Waals surface area contributed by atoms with Gasteiger partial charge in [0, 0.05) is 10.6 Å². The number of rotatable bonds is 9. The number of halogens is 1. The van der Waals surface area contributed by atoms with Gasteiger partial charge >= 0.3 is 5.97 Å². The zero-order chi connectivity index (χ0) is 24.0. The first kappa shape index (κ1) is 25.4. The minimum absolute atomic E-state index is 0.0532. The van der Waals surface area contributed by atoms with Gasteiger partial charge in [-0.2, -0.15) is 4.72 Å². The highest BCUT2D eigenvalue weighted by molar-refractivity contribution is 7.89. The molecule has 0 aliphatic heterocycles. The van der Waals surface area contributed by atoms with Gasteiger partial charge in [0.15, 0.2) is 12.4 Å². The van der Waals surface area contributed by atoms with Crippen LogP contribution in [0.25, 0.3) is 0 Å². The third kappa shape index (κ3) is 6.88. The second-order valence-electron chi connectivity index (χ2n) is 8.79. The largest absolute Gasteiger partial charge is 0.456 e. The van der Waals surface area contributed by atoms with Gasteiger partial charge in [0.2, 0.25) is 10.0 Å². The Labute approximate surface area is 200 Å². The standard InChI is InChI=1S/C25H30ClNO5S/c1-17(2)24(27-33(30,31)22-10-6-9-21(26)15-22)25(29)32-16-23(28)20-13-11-19(12-14-20)18-7-4-3-5-8-18/h6,9-15,17-18,24,27H,3-5,7-8,16H2,1-2H3/t24-/m0/s1. The molecule has 1 aliphatic rings. The molecule has 0 unspecified atom stereocenters. The van der Waals surface area contributed by atoms with Crippen molar-refractivity contribution in [3.8, 4) is 0 Å². The molecule has 33 heavy (non-hydrogen) atoms. The van der Waals surface area contributed by atoms with Crippen molar-refractivity contribution in [2.75, 3.05) is 6.61 Å². The first-order valence-electron chi connectivity index (χ1n) is 11.2. The van der Waals surface area contributed by atoms with Crippen LogP contribution in [0.5, 0.6) is 0 Å². The van der Waals surface area contributed by atoms with E-state index in [0.29, 0.717) is 11.5 Å². The average Bonchev–Trinajstić information content (AvgIpc) is 2.81. The second-order valence-corrected chi connectivity index (χ2v) is 10.9. The Morgan fingerprint density at radius 1 is 1.06 bits per heavy atom. The Morgan fingerprint density at radius 2 is 1.73 bits per heavy atom. The van der Waals surface area contributed by atoms with E-state index in [-0.39, 0.29) is 15.7 Å². The van der Waals surface area contributed by atoms with E-state index in [1.165, 1.54) is 55.9 Å². The minimum Gasteiger partial charge on any atom is -0.456 e. The number of ketones is 1. The van der Waals surface area contributed by atoms with Crippen LogP contribution in [0.3, 0.4) is 0 Å². The quantitative estimate of drug-likeness (QED) is 0.388. The molecule has 1 saturated carbocycles. The molecule has 0 heterocycles. The fourth-order valence-corrected chi connectivity index (χ4v) is 5.65. The summed E-state index contributed by atoms with van der Waals surface area (Å²) in [5.74, 6) is -0.988. The summed E-state index contributed by atoms with van der Waals surface area (Å²) in [6.45, 7) is 2.93. The van der Waals surface area contributed by atoms with Gasteiger partial charge in [-0.15, -0.1) is 0 Å². The van der Waals surface area contributed by atoms with E-state index < -0.39 is 34.6 Å². The van der Waals surface area contributed by atoms with Gasteiger partial charge in [-0.3, -0.25) is 9.59 Å². The molecule has 0 bridgehead atoms. The van der Waals surface area contributed by atoms with E-state index in [9.17, 15) is 18.0 Å². The smallest absolute Gasteiger partial charge is 0.324 e. The summed E-state index contributed by atoms with van der Waals surface area (Å²) < 4.78 is 32.9. The van der Waals surface area contributed by atoms with Crippen LogP contribution in [0, 0.1) is 5.92 Å². The van der Waals surface area contributed by atoms with Crippen LogP contribution in [0.2, 0.25) is 5.02 Å². The molecule has 6 nitrogen and oxygen atoms in total. The van der Waals surface area contributed by atoms with Crippen molar-refractivity contribution in [1.82, 2.24) is 4.72 Å². The van der Waals surface area contributed by atoms with Crippen molar-refractivity contribution in [1.29, 1.82) is 0 Å². The predicted octanol–water partition coefficient (Wildman–Crippen LogP) is 5.12. The lowest BCUT2D eigenvalue weighted by Crippen LogP contribution is -2.45. The molecule has 178 valence electrons. The van der Waals surface area contributed by atoms with E-state index in [2.05, 4.69) is 4.72 Å². The van der Waals surface area contributed by atoms with E-state index >= 15 is 0 Å². The van der Waals surface area contributed by atoms with E-state index in [1.54, 1.807) is 32.0 Å². The van der Waals surface area contributed by atoms with Gasteiger partial charge < -0.3 is 4.74 Å². The van der Waals surface area contributed by atoms with Gasteiger partial charge in [0.05, 0.1) is 4.90 Å². The molecule has 3 rings (SSSR count). The number of sulfonamides is 1. The molecule has 8 heteroatoms. The number of carbonyl (C=O) groups excluding carboxylic acids is 2. The van der Waals surface area contributed by atoms with E-state index in [0.717, 1.165) is 0 Å². The van der Waals surface area contributed by atoms with Crippen LogP contribution >= 0.6 is 11.6 Å². The van der Waals surface area contributed by atoms with Crippen molar-refractivity contribution in [3.63, 3.8) is 0 Å². The first-order chi connectivity index (χ1) is 15.7. The Balaban J connectivity index is 1.60. The lowest BCUT2D eigenvalue weighted by Gasteiger charge is -2.22. The molecular weight excluding hydrogens is 462 g/mol. The molecule has 0 saturated heterocycles. The summed E-state index contributed by atoms with van der Waals surface area (Å²) in [4.78, 5) is 25.1. The summed E-state index contributed by atoms with van der Waals surface area (Å²) in [7, 11) is -4.00. The number of hydrogen-bond donors (Lipinski definition) is 1. The van der Waals surface area contributed by atoms with E-state index in [1.807, 2.05) is 12.1 Å². The maximum atomic E-state index is 12.7. The molecule has 1 N–H and O–H groups in total. The maximum Gasteiger partial charge on any atom is 0.324 e.